The fourth-order valence-corrected chi connectivity index (χ4v) is 2.92. The van der Waals surface area contributed by atoms with Crippen LogP contribution >= 0.6 is 0 Å². The van der Waals surface area contributed by atoms with Crippen LogP contribution in [-0.2, 0) is 11.2 Å². The van der Waals surface area contributed by atoms with Crippen molar-refractivity contribution >= 4 is 11.6 Å². The molecule has 1 saturated carbocycles. The van der Waals surface area contributed by atoms with E-state index in [-0.39, 0.29) is 18.0 Å². The maximum absolute atomic E-state index is 12.1. The largest absolute Gasteiger partial charge is 0.353 e. The van der Waals surface area contributed by atoms with Gasteiger partial charge in [0.05, 0.1) is 12.1 Å². The first-order chi connectivity index (χ1) is 9.63. The fourth-order valence-electron chi connectivity index (χ4n) is 2.92. The lowest BCUT2D eigenvalue weighted by molar-refractivity contribution is -0.121. The van der Waals surface area contributed by atoms with E-state index in [4.69, 9.17) is 5.73 Å². The molecule has 0 aromatic carbocycles. The number of aryl methyl sites for hydroxylation is 1. The number of aromatic nitrogens is 2. The smallest absolute Gasteiger partial charge is 0.226 e. The van der Waals surface area contributed by atoms with E-state index in [9.17, 15) is 4.79 Å². The van der Waals surface area contributed by atoms with Crippen molar-refractivity contribution in [1.82, 2.24) is 14.7 Å². The van der Waals surface area contributed by atoms with Crippen LogP contribution in [0.5, 0.6) is 0 Å². The quantitative estimate of drug-likeness (QED) is 0.881. The molecule has 0 unspecified atom stereocenters. The molecule has 2 heterocycles. The van der Waals surface area contributed by atoms with Crippen LogP contribution in [-0.4, -0.2) is 27.4 Å². The van der Waals surface area contributed by atoms with Crippen LogP contribution in [0.15, 0.2) is 24.5 Å². The average molecular weight is 272 g/mol. The number of pyridine rings is 1. The number of nitrogens with two attached hydrogens (primary N) is 1. The minimum absolute atomic E-state index is 0.0485. The van der Waals surface area contributed by atoms with Gasteiger partial charge in [0.1, 0.15) is 5.65 Å². The summed E-state index contributed by atoms with van der Waals surface area (Å²) in [6.07, 6.45) is 6.96. The molecule has 5 heteroatoms. The summed E-state index contributed by atoms with van der Waals surface area (Å²) in [6.45, 7) is 2.02. The number of amides is 1. The summed E-state index contributed by atoms with van der Waals surface area (Å²) in [7, 11) is 0. The van der Waals surface area contributed by atoms with Crippen molar-refractivity contribution in [3.63, 3.8) is 0 Å². The molecule has 20 heavy (non-hydrogen) atoms. The van der Waals surface area contributed by atoms with E-state index in [0.717, 1.165) is 36.2 Å². The molecule has 0 saturated heterocycles. The number of fused-ring (bicyclic) bond motifs is 1. The van der Waals surface area contributed by atoms with Crippen LogP contribution in [0.2, 0.25) is 0 Å². The maximum atomic E-state index is 12.1. The second-order valence-electron chi connectivity index (χ2n) is 5.65. The van der Waals surface area contributed by atoms with Gasteiger partial charge in [0.25, 0.3) is 0 Å². The van der Waals surface area contributed by atoms with Crippen LogP contribution in [0.3, 0.4) is 0 Å². The third-order valence-corrected chi connectivity index (χ3v) is 3.99. The first-order valence-electron chi connectivity index (χ1n) is 7.10. The standard InChI is InChI=1S/C15H20N4O/c1-10-3-2-6-19-13(9-17-15(10)19)8-14(20)18-12-5-4-11(16)7-12/h2-3,6,9,11-12H,4-5,7-8,16H2,1H3,(H,18,20)/t11-,12-/m0/s1. The highest BCUT2D eigenvalue weighted by Gasteiger charge is 2.23. The Bertz CT molecular complexity index is 634. The molecule has 0 bridgehead atoms. The SMILES string of the molecule is Cc1cccn2c(CC(=O)N[C@H]3CC[C@H](N)C3)cnc12. The molecule has 3 N–H and O–H groups in total. The summed E-state index contributed by atoms with van der Waals surface area (Å²) in [5.74, 6) is 0.0485. The molecule has 2 atom stereocenters. The molecular weight excluding hydrogens is 252 g/mol. The molecular formula is C15H20N4O. The van der Waals surface area contributed by atoms with Gasteiger partial charge in [0.15, 0.2) is 0 Å². The molecule has 1 aliphatic rings. The third-order valence-electron chi connectivity index (χ3n) is 3.99. The zero-order valence-corrected chi connectivity index (χ0v) is 11.7. The van der Waals surface area contributed by atoms with Crippen molar-refractivity contribution < 1.29 is 4.79 Å². The van der Waals surface area contributed by atoms with Crippen LogP contribution in [0.25, 0.3) is 5.65 Å². The number of imidazole rings is 1. The lowest BCUT2D eigenvalue weighted by Crippen LogP contribution is -2.35. The van der Waals surface area contributed by atoms with Gasteiger partial charge in [-0.15, -0.1) is 0 Å². The van der Waals surface area contributed by atoms with Gasteiger partial charge in [-0.2, -0.15) is 0 Å². The Morgan fingerprint density at radius 3 is 3.15 bits per heavy atom. The molecule has 1 aliphatic carbocycles. The summed E-state index contributed by atoms with van der Waals surface area (Å²) in [5, 5.41) is 3.07. The van der Waals surface area contributed by atoms with Crippen LogP contribution in [0.4, 0.5) is 0 Å². The number of nitrogens with zero attached hydrogens (tertiary/aromatic N) is 2. The van der Waals surface area contributed by atoms with Gasteiger partial charge in [-0.25, -0.2) is 4.98 Å². The topological polar surface area (TPSA) is 72.4 Å². The highest BCUT2D eigenvalue weighted by atomic mass is 16.1. The average Bonchev–Trinajstić information content (AvgIpc) is 2.98. The van der Waals surface area contributed by atoms with Gasteiger partial charge in [0, 0.05) is 24.5 Å². The van der Waals surface area contributed by atoms with E-state index < -0.39 is 0 Å². The zero-order chi connectivity index (χ0) is 14.1. The Morgan fingerprint density at radius 2 is 2.40 bits per heavy atom. The monoisotopic (exact) mass is 272 g/mol. The van der Waals surface area contributed by atoms with Gasteiger partial charge in [-0.1, -0.05) is 6.07 Å². The Hall–Kier alpha value is -1.88. The van der Waals surface area contributed by atoms with E-state index in [0.29, 0.717) is 6.42 Å². The number of rotatable bonds is 3. The molecule has 0 spiro atoms. The van der Waals surface area contributed by atoms with Crippen LogP contribution < -0.4 is 11.1 Å². The summed E-state index contributed by atoms with van der Waals surface area (Å²) in [4.78, 5) is 16.5. The lowest BCUT2D eigenvalue weighted by Gasteiger charge is -2.12. The highest BCUT2D eigenvalue weighted by molar-refractivity contribution is 5.78. The summed E-state index contributed by atoms with van der Waals surface area (Å²) < 4.78 is 1.98. The van der Waals surface area contributed by atoms with Crippen molar-refractivity contribution in [3.8, 4) is 0 Å². The molecule has 3 rings (SSSR count). The third kappa shape index (κ3) is 2.54. The van der Waals surface area contributed by atoms with Crippen molar-refractivity contribution in [1.29, 1.82) is 0 Å². The summed E-state index contributed by atoms with van der Waals surface area (Å²) >= 11 is 0. The van der Waals surface area contributed by atoms with E-state index in [2.05, 4.69) is 10.3 Å². The number of carbonyl (C=O) groups excluding carboxylic acids is 1. The van der Waals surface area contributed by atoms with Gasteiger partial charge in [0.2, 0.25) is 5.91 Å². The van der Waals surface area contributed by atoms with Gasteiger partial charge in [-0.3, -0.25) is 4.79 Å². The highest BCUT2D eigenvalue weighted by Crippen LogP contribution is 2.17. The molecule has 1 amide bonds. The minimum atomic E-state index is 0.0485. The molecule has 0 radical (unpaired) electrons. The second-order valence-corrected chi connectivity index (χ2v) is 5.65. The fraction of sp³-hybridized carbons (Fsp3) is 0.467. The van der Waals surface area contributed by atoms with Crippen molar-refractivity contribution in [3.05, 3.63) is 35.8 Å². The first-order valence-corrected chi connectivity index (χ1v) is 7.10. The van der Waals surface area contributed by atoms with E-state index in [1.165, 1.54) is 0 Å². The number of hydrogen-bond donors (Lipinski definition) is 2. The second kappa shape index (κ2) is 5.25. The van der Waals surface area contributed by atoms with Crippen LogP contribution in [0.1, 0.15) is 30.5 Å². The van der Waals surface area contributed by atoms with E-state index in [1.54, 1.807) is 6.20 Å². The molecule has 0 aliphatic heterocycles. The van der Waals surface area contributed by atoms with Crippen molar-refractivity contribution in [2.45, 2.75) is 44.7 Å². The Morgan fingerprint density at radius 1 is 1.55 bits per heavy atom. The van der Waals surface area contributed by atoms with Crippen molar-refractivity contribution in [2.75, 3.05) is 0 Å². The molecule has 2 aromatic rings. The molecule has 5 nitrogen and oxygen atoms in total. The first kappa shape index (κ1) is 13.1. The van der Waals surface area contributed by atoms with Gasteiger partial charge in [-0.05, 0) is 37.8 Å². The van der Waals surface area contributed by atoms with Crippen LogP contribution in [0, 0.1) is 6.92 Å². The maximum Gasteiger partial charge on any atom is 0.226 e. The van der Waals surface area contributed by atoms with E-state index >= 15 is 0 Å². The summed E-state index contributed by atoms with van der Waals surface area (Å²) in [5.41, 5.74) is 8.81. The Kier molecular flexibility index (Phi) is 3.44. The summed E-state index contributed by atoms with van der Waals surface area (Å²) in [6, 6.07) is 4.46. The van der Waals surface area contributed by atoms with Crippen molar-refractivity contribution in [2.24, 2.45) is 5.73 Å². The normalized spacial score (nSPS) is 22.3. The Labute approximate surface area is 118 Å². The number of hydrogen-bond acceptors (Lipinski definition) is 3. The number of carbonyl (C=O) groups is 1. The van der Waals surface area contributed by atoms with Gasteiger partial charge < -0.3 is 15.5 Å². The predicted molar refractivity (Wildman–Crippen MR) is 77.4 cm³/mol. The Balaban J connectivity index is 1.70. The van der Waals surface area contributed by atoms with Gasteiger partial charge >= 0.3 is 0 Å². The predicted octanol–water partition coefficient (Wildman–Crippen LogP) is 1.18. The molecule has 2 aromatic heterocycles. The molecule has 106 valence electrons. The lowest BCUT2D eigenvalue weighted by atomic mass is 10.2. The molecule has 1 fully saturated rings. The minimum Gasteiger partial charge on any atom is -0.353 e. The van der Waals surface area contributed by atoms with E-state index in [1.807, 2.05) is 29.7 Å². The zero-order valence-electron chi connectivity index (χ0n) is 11.7. The number of nitrogens with one attached hydrogen (secondary N) is 1.